The molecule has 1 saturated carbocycles. The highest BCUT2D eigenvalue weighted by molar-refractivity contribution is 6.35. The molecule has 1 fully saturated rings. The Labute approximate surface area is 142 Å². The molecule has 0 atom stereocenters. The van der Waals surface area contributed by atoms with E-state index in [4.69, 9.17) is 23.2 Å². The molecule has 1 aromatic carbocycles. The largest absolute Gasteiger partial charge is 0.356 e. The van der Waals surface area contributed by atoms with Crippen molar-refractivity contribution in [3.05, 3.63) is 33.8 Å². The minimum Gasteiger partial charge on any atom is -0.356 e. The van der Waals surface area contributed by atoms with E-state index >= 15 is 0 Å². The fourth-order valence-corrected chi connectivity index (χ4v) is 3.35. The lowest BCUT2D eigenvalue weighted by molar-refractivity contribution is -0.120. The van der Waals surface area contributed by atoms with Crippen molar-refractivity contribution in [2.24, 2.45) is 0 Å². The zero-order valence-electron chi connectivity index (χ0n) is 12.8. The van der Waals surface area contributed by atoms with Crippen LogP contribution in [-0.2, 0) is 11.2 Å². The van der Waals surface area contributed by atoms with E-state index in [1.807, 2.05) is 12.1 Å². The van der Waals surface area contributed by atoms with Gasteiger partial charge in [-0.2, -0.15) is 0 Å². The van der Waals surface area contributed by atoms with Crippen LogP contribution >= 0.6 is 23.2 Å². The molecule has 5 heteroatoms. The number of amides is 1. The van der Waals surface area contributed by atoms with Gasteiger partial charge >= 0.3 is 0 Å². The Balaban J connectivity index is 1.59. The quantitative estimate of drug-likeness (QED) is 0.787. The van der Waals surface area contributed by atoms with Crippen molar-refractivity contribution in [1.29, 1.82) is 0 Å². The molecule has 0 spiro atoms. The summed E-state index contributed by atoms with van der Waals surface area (Å²) < 4.78 is 0. The monoisotopic (exact) mass is 342 g/mol. The summed E-state index contributed by atoms with van der Waals surface area (Å²) in [6.45, 7) is 1.36. The summed E-state index contributed by atoms with van der Waals surface area (Å²) in [6, 6.07) is 6.06. The summed E-state index contributed by atoms with van der Waals surface area (Å²) in [7, 11) is 0. The Hall–Kier alpha value is -0.770. The molecule has 2 rings (SSSR count). The average molecular weight is 343 g/mol. The smallest absolute Gasteiger partial charge is 0.221 e. The average Bonchev–Trinajstić information content (AvgIpc) is 2.50. The lowest BCUT2D eigenvalue weighted by Gasteiger charge is -2.22. The highest BCUT2D eigenvalue weighted by atomic mass is 35.5. The Morgan fingerprint density at radius 2 is 1.91 bits per heavy atom. The van der Waals surface area contributed by atoms with Crippen molar-refractivity contribution in [1.82, 2.24) is 10.6 Å². The second-order valence-electron chi connectivity index (χ2n) is 5.87. The fourth-order valence-electron chi connectivity index (χ4n) is 2.85. The maximum absolute atomic E-state index is 11.8. The molecule has 0 heterocycles. The van der Waals surface area contributed by atoms with Crippen LogP contribution in [-0.4, -0.2) is 25.0 Å². The number of carbonyl (C=O) groups is 1. The first-order valence-corrected chi connectivity index (χ1v) is 8.85. The third-order valence-corrected chi connectivity index (χ3v) is 4.71. The molecule has 1 amide bonds. The minimum absolute atomic E-state index is 0.0911. The van der Waals surface area contributed by atoms with Gasteiger partial charge in [-0.3, -0.25) is 4.79 Å². The molecule has 0 unspecified atom stereocenters. The topological polar surface area (TPSA) is 41.1 Å². The molecule has 2 N–H and O–H groups in total. The van der Waals surface area contributed by atoms with Crippen LogP contribution in [0.25, 0.3) is 0 Å². The van der Waals surface area contributed by atoms with Crippen LogP contribution < -0.4 is 10.6 Å². The molecule has 0 radical (unpaired) electrons. The van der Waals surface area contributed by atoms with E-state index in [1.54, 1.807) is 6.07 Å². The van der Waals surface area contributed by atoms with Gasteiger partial charge in [-0.05, 0) is 37.0 Å². The van der Waals surface area contributed by atoms with Crippen LogP contribution in [0.4, 0.5) is 0 Å². The van der Waals surface area contributed by atoms with Crippen LogP contribution in [0, 0.1) is 0 Å². The summed E-state index contributed by atoms with van der Waals surface area (Å²) in [5.74, 6) is 0.0911. The van der Waals surface area contributed by atoms with E-state index in [0.717, 1.165) is 18.5 Å². The van der Waals surface area contributed by atoms with E-state index in [9.17, 15) is 4.79 Å². The van der Waals surface area contributed by atoms with Crippen LogP contribution in [0.5, 0.6) is 0 Å². The Morgan fingerprint density at radius 3 is 2.64 bits per heavy atom. The van der Waals surface area contributed by atoms with Crippen molar-refractivity contribution in [2.75, 3.05) is 13.1 Å². The van der Waals surface area contributed by atoms with Gasteiger partial charge in [-0.1, -0.05) is 48.5 Å². The molecule has 0 bridgehead atoms. The van der Waals surface area contributed by atoms with Gasteiger partial charge < -0.3 is 10.6 Å². The molecule has 122 valence electrons. The third-order valence-electron chi connectivity index (χ3n) is 4.12. The second kappa shape index (κ2) is 9.39. The Morgan fingerprint density at radius 1 is 1.14 bits per heavy atom. The van der Waals surface area contributed by atoms with Gasteiger partial charge in [-0.15, -0.1) is 0 Å². The molecular formula is C17H24Cl2N2O. The highest BCUT2D eigenvalue weighted by Gasteiger charge is 2.12. The van der Waals surface area contributed by atoms with Gasteiger partial charge in [0.1, 0.15) is 0 Å². The van der Waals surface area contributed by atoms with E-state index in [-0.39, 0.29) is 5.91 Å². The number of carbonyl (C=O) groups excluding carboxylic acids is 1. The summed E-state index contributed by atoms with van der Waals surface area (Å²) in [5.41, 5.74) is 1.01. The van der Waals surface area contributed by atoms with Crippen molar-refractivity contribution in [3.63, 3.8) is 0 Å². The lowest BCUT2D eigenvalue weighted by atomic mass is 9.95. The van der Waals surface area contributed by atoms with Crippen molar-refractivity contribution >= 4 is 29.1 Å². The summed E-state index contributed by atoms with van der Waals surface area (Å²) >= 11 is 12.0. The van der Waals surface area contributed by atoms with Crippen LogP contribution in [0.3, 0.4) is 0 Å². The summed E-state index contributed by atoms with van der Waals surface area (Å²) in [4.78, 5) is 11.8. The maximum Gasteiger partial charge on any atom is 0.221 e. The number of nitrogens with one attached hydrogen (secondary N) is 2. The minimum atomic E-state index is 0.0911. The summed E-state index contributed by atoms with van der Waals surface area (Å²) in [5, 5.41) is 7.70. The van der Waals surface area contributed by atoms with Gasteiger partial charge in [0.05, 0.1) is 0 Å². The summed E-state index contributed by atoms with van der Waals surface area (Å²) in [6.07, 6.45) is 7.72. The van der Waals surface area contributed by atoms with E-state index < -0.39 is 0 Å². The molecule has 0 saturated heterocycles. The van der Waals surface area contributed by atoms with Crippen molar-refractivity contribution < 1.29 is 4.79 Å². The van der Waals surface area contributed by atoms with E-state index in [0.29, 0.717) is 29.1 Å². The molecule has 0 aliphatic heterocycles. The second-order valence-corrected chi connectivity index (χ2v) is 6.72. The molecule has 3 nitrogen and oxygen atoms in total. The van der Waals surface area contributed by atoms with Gasteiger partial charge in [0, 0.05) is 35.6 Å². The van der Waals surface area contributed by atoms with Gasteiger partial charge in [-0.25, -0.2) is 0 Å². The number of hydrogen-bond donors (Lipinski definition) is 2. The maximum atomic E-state index is 11.8. The van der Waals surface area contributed by atoms with Gasteiger partial charge in [0.15, 0.2) is 0 Å². The van der Waals surface area contributed by atoms with Gasteiger partial charge in [0.25, 0.3) is 0 Å². The van der Waals surface area contributed by atoms with E-state index in [2.05, 4.69) is 10.6 Å². The molecular weight excluding hydrogens is 319 g/mol. The molecule has 1 aliphatic rings. The normalized spacial score (nSPS) is 15.7. The standard InChI is InChI=1S/C17H24Cl2N2O/c18-14-7-6-13(16(19)12-14)8-10-21-17(22)9-11-20-15-4-2-1-3-5-15/h6-7,12,15,20H,1-5,8-11H2,(H,21,22). The van der Waals surface area contributed by atoms with Gasteiger partial charge in [0.2, 0.25) is 5.91 Å². The zero-order chi connectivity index (χ0) is 15.8. The van der Waals surface area contributed by atoms with Crippen LogP contribution in [0.2, 0.25) is 10.0 Å². The zero-order valence-corrected chi connectivity index (χ0v) is 14.3. The Bertz CT molecular complexity index is 488. The van der Waals surface area contributed by atoms with Crippen LogP contribution in [0.15, 0.2) is 18.2 Å². The molecule has 22 heavy (non-hydrogen) atoms. The predicted octanol–water partition coefficient (Wildman–Crippen LogP) is 3.96. The number of rotatable bonds is 7. The first-order valence-electron chi connectivity index (χ1n) is 8.09. The SMILES string of the molecule is O=C(CCNC1CCCCC1)NCCc1ccc(Cl)cc1Cl. The molecule has 0 aromatic heterocycles. The predicted molar refractivity (Wildman–Crippen MR) is 92.7 cm³/mol. The Kier molecular flexibility index (Phi) is 7.50. The fraction of sp³-hybridized carbons (Fsp3) is 0.588. The van der Waals surface area contributed by atoms with Crippen molar-refractivity contribution in [2.45, 2.75) is 51.0 Å². The number of hydrogen-bond acceptors (Lipinski definition) is 2. The molecule has 1 aromatic rings. The third kappa shape index (κ3) is 6.15. The van der Waals surface area contributed by atoms with Crippen LogP contribution in [0.1, 0.15) is 44.1 Å². The first-order chi connectivity index (χ1) is 10.6. The van der Waals surface area contributed by atoms with E-state index in [1.165, 1.54) is 32.1 Å². The molecule has 1 aliphatic carbocycles. The van der Waals surface area contributed by atoms with Crippen molar-refractivity contribution in [3.8, 4) is 0 Å². The number of halogens is 2. The number of benzene rings is 1. The highest BCUT2D eigenvalue weighted by Crippen LogP contribution is 2.21. The lowest BCUT2D eigenvalue weighted by Crippen LogP contribution is -2.35. The first kappa shape index (κ1) is 17.6.